The number of halogens is 2. The van der Waals surface area contributed by atoms with Crippen LogP contribution in [-0.4, -0.2) is 62.9 Å². The molecule has 1 saturated heterocycles. The summed E-state index contributed by atoms with van der Waals surface area (Å²) in [4.78, 5) is 23.4. The average Bonchev–Trinajstić information content (AvgIpc) is 3.55. The number of nitrogens with zero attached hydrogens (tertiary/aromatic N) is 6. The van der Waals surface area contributed by atoms with Gasteiger partial charge in [-0.3, -0.25) is 4.57 Å². The minimum absolute atomic E-state index is 0.0441. The van der Waals surface area contributed by atoms with E-state index in [2.05, 4.69) is 25.2 Å². The van der Waals surface area contributed by atoms with Gasteiger partial charge in [-0.2, -0.15) is 9.97 Å². The van der Waals surface area contributed by atoms with Crippen molar-refractivity contribution in [2.75, 3.05) is 43.6 Å². The maximum atomic E-state index is 14.1. The van der Waals surface area contributed by atoms with Crippen molar-refractivity contribution in [2.24, 2.45) is 0 Å². The molecule has 2 N–H and O–H groups in total. The van der Waals surface area contributed by atoms with Crippen molar-refractivity contribution >= 4 is 34.0 Å². The van der Waals surface area contributed by atoms with Crippen LogP contribution in [0.25, 0.3) is 27.9 Å². The fourth-order valence-electron chi connectivity index (χ4n) is 4.17. The molecule has 1 aliphatic rings. The minimum Gasteiger partial charge on any atom is -0.497 e. The standard InChI is InChI=1S/C24H22F2N8O2/c1-35-15-4-2-14(3-5-15)34-13-28-21-22(31-24(32-23(21)34)33-8-10-36-11-9-33)27-12-18-29-17-7-6-16(25)19(26)20(17)30-18/h2-7,13H,8-12H2,1H3,(H,29,30)(H,27,31,32). The van der Waals surface area contributed by atoms with E-state index >= 15 is 0 Å². The lowest BCUT2D eigenvalue weighted by molar-refractivity contribution is 0.122. The highest BCUT2D eigenvalue weighted by molar-refractivity contribution is 5.85. The van der Waals surface area contributed by atoms with E-state index in [1.54, 1.807) is 13.4 Å². The van der Waals surface area contributed by atoms with E-state index in [0.29, 0.717) is 60.6 Å². The first-order chi connectivity index (χ1) is 17.6. The molecule has 2 aromatic carbocycles. The van der Waals surface area contributed by atoms with Gasteiger partial charge in [-0.05, 0) is 36.4 Å². The van der Waals surface area contributed by atoms with Crippen LogP contribution < -0.4 is 15.0 Å². The summed E-state index contributed by atoms with van der Waals surface area (Å²) in [6, 6.07) is 10.1. The van der Waals surface area contributed by atoms with Crippen molar-refractivity contribution in [1.82, 2.24) is 29.5 Å². The summed E-state index contributed by atoms with van der Waals surface area (Å²) in [5, 5.41) is 3.25. The quantitative estimate of drug-likeness (QED) is 0.372. The molecule has 4 heterocycles. The van der Waals surface area contributed by atoms with E-state index in [-0.39, 0.29) is 12.1 Å². The Morgan fingerprint density at radius 3 is 2.61 bits per heavy atom. The smallest absolute Gasteiger partial charge is 0.229 e. The third-order valence-electron chi connectivity index (χ3n) is 6.05. The number of aromatic nitrogens is 6. The molecule has 5 aromatic rings. The highest BCUT2D eigenvalue weighted by Crippen LogP contribution is 2.27. The van der Waals surface area contributed by atoms with Crippen LogP contribution in [0.15, 0.2) is 42.7 Å². The Bertz CT molecular complexity index is 1540. The molecule has 0 saturated carbocycles. The van der Waals surface area contributed by atoms with Gasteiger partial charge >= 0.3 is 0 Å². The van der Waals surface area contributed by atoms with Gasteiger partial charge in [-0.1, -0.05) is 0 Å². The predicted molar refractivity (Wildman–Crippen MR) is 130 cm³/mol. The van der Waals surface area contributed by atoms with Gasteiger partial charge in [-0.15, -0.1) is 0 Å². The summed E-state index contributed by atoms with van der Waals surface area (Å²) in [6.07, 6.45) is 1.69. The number of imidazole rings is 2. The molecule has 0 amide bonds. The number of hydrogen-bond donors (Lipinski definition) is 2. The highest BCUT2D eigenvalue weighted by atomic mass is 19.2. The summed E-state index contributed by atoms with van der Waals surface area (Å²) in [5.41, 5.74) is 2.42. The first kappa shape index (κ1) is 22.2. The monoisotopic (exact) mass is 492 g/mol. The summed E-state index contributed by atoms with van der Waals surface area (Å²) in [7, 11) is 1.62. The predicted octanol–water partition coefficient (Wildman–Crippen LogP) is 3.43. The van der Waals surface area contributed by atoms with Crippen molar-refractivity contribution in [2.45, 2.75) is 6.54 Å². The molecule has 6 rings (SSSR count). The fraction of sp³-hybridized carbons (Fsp3) is 0.250. The molecular weight excluding hydrogens is 470 g/mol. The first-order valence-electron chi connectivity index (χ1n) is 11.4. The maximum absolute atomic E-state index is 14.1. The normalized spacial score (nSPS) is 14.0. The van der Waals surface area contributed by atoms with Gasteiger partial charge in [0.25, 0.3) is 0 Å². The number of aromatic amines is 1. The molecule has 0 bridgehead atoms. The van der Waals surface area contributed by atoms with E-state index in [0.717, 1.165) is 17.5 Å². The maximum Gasteiger partial charge on any atom is 0.229 e. The lowest BCUT2D eigenvalue weighted by atomic mass is 10.3. The molecule has 36 heavy (non-hydrogen) atoms. The van der Waals surface area contributed by atoms with E-state index in [9.17, 15) is 8.78 Å². The second-order valence-electron chi connectivity index (χ2n) is 8.25. The molecule has 0 unspecified atom stereocenters. The molecular formula is C24H22F2N8O2. The molecule has 0 atom stereocenters. The van der Waals surface area contributed by atoms with Gasteiger partial charge in [0, 0.05) is 18.8 Å². The van der Waals surface area contributed by atoms with E-state index in [4.69, 9.17) is 19.4 Å². The Morgan fingerprint density at radius 1 is 1.03 bits per heavy atom. The van der Waals surface area contributed by atoms with Crippen LogP contribution in [0, 0.1) is 11.6 Å². The van der Waals surface area contributed by atoms with Crippen LogP contribution in [0.1, 0.15) is 5.82 Å². The van der Waals surface area contributed by atoms with Crippen LogP contribution >= 0.6 is 0 Å². The number of hydrogen-bond acceptors (Lipinski definition) is 8. The number of rotatable bonds is 6. The molecule has 1 aliphatic heterocycles. The second-order valence-corrected chi connectivity index (χ2v) is 8.25. The number of anilines is 2. The van der Waals surface area contributed by atoms with E-state index in [1.807, 2.05) is 28.8 Å². The summed E-state index contributed by atoms with van der Waals surface area (Å²) in [6.45, 7) is 2.69. The second kappa shape index (κ2) is 9.04. The number of methoxy groups -OCH3 is 1. The zero-order chi connectivity index (χ0) is 24.6. The zero-order valence-corrected chi connectivity index (χ0v) is 19.3. The van der Waals surface area contributed by atoms with Crippen molar-refractivity contribution < 1.29 is 18.3 Å². The lowest BCUT2D eigenvalue weighted by Crippen LogP contribution is -2.37. The Kier molecular flexibility index (Phi) is 5.56. The van der Waals surface area contributed by atoms with E-state index < -0.39 is 11.6 Å². The van der Waals surface area contributed by atoms with Crippen LogP contribution in [-0.2, 0) is 11.3 Å². The van der Waals surface area contributed by atoms with Crippen molar-refractivity contribution in [3.05, 3.63) is 60.2 Å². The molecule has 0 aliphatic carbocycles. The molecule has 3 aromatic heterocycles. The van der Waals surface area contributed by atoms with Crippen molar-refractivity contribution in [3.8, 4) is 11.4 Å². The molecule has 0 spiro atoms. The lowest BCUT2D eigenvalue weighted by Gasteiger charge is -2.27. The van der Waals surface area contributed by atoms with Gasteiger partial charge in [0.15, 0.2) is 28.6 Å². The molecule has 10 nitrogen and oxygen atoms in total. The van der Waals surface area contributed by atoms with E-state index in [1.165, 1.54) is 6.07 Å². The number of H-pyrrole nitrogens is 1. The number of fused-ring (bicyclic) bond motifs is 2. The van der Waals surface area contributed by atoms with Crippen LogP contribution in [0.4, 0.5) is 20.5 Å². The third-order valence-corrected chi connectivity index (χ3v) is 6.05. The molecule has 0 radical (unpaired) electrons. The molecule has 184 valence electrons. The number of ether oxygens (including phenoxy) is 2. The van der Waals surface area contributed by atoms with Crippen LogP contribution in [0.3, 0.4) is 0 Å². The van der Waals surface area contributed by atoms with Crippen molar-refractivity contribution in [3.63, 3.8) is 0 Å². The van der Waals surface area contributed by atoms with Crippen molar-refractivity contribution in [1.29, 1.82) is 0 Å². The molecule has 1 fully saturated rings. The minimum atomic E-state index is -0.979. The number of morpholine rings is 1. The fourth-order valence-corrected chi connectivity index (χ4v) is 4.17. The van der Waals surface area contributed by atoms with Crippen LogP contribution in [0.5, 0.6) is 5.75 Å². The van der Waals surface area contributed by atoms with Crippen LogP contribution in [0.2, 0.25) is 0 Å². The first-order valence-corrected chi connectivity index (χ1v) is 11.4. The Labute approximate surface area is 203 Å². The molecule has 12 heteroatoms. The zero-order valence-electron chi connectivity index (χ0n) is 19.3. The largest absolute Gasteiger partial charge is 0.497 e. The Morgan fingerprint density at radius 2 is 1.83 bits per heavy atom. The summed E-state index contributed by atoms with van der Waals surface area (Å²) < 4.78 is 40.3. The highest BCUT2D eigenvalue weighted by Gasteiger charge is 2.20. The number of benzene rings is 2. The van der Waals surface area contributed by atoms with Gasteiger partial charge in [0.1, 0.15) is 23.4 Å². The summed E-state index contributed by atoms with van der Waals surface area (Å²) >= 11 is 0. The third kappa shape index (κ3) is 3.94. The van der Waals surface area contributed by atoms with Gasteiger partial charge in [-0.25, -0.2) is 18.7 Å². The summed E-state index contributed by atoms with van der Waals surface area (Å²) in [5.74, 6) is 0.305. The Hall–Kier alpha value is -4.32. The van der Waals surface area contributed by atoms with Gasteiger partial charge < -0.3 is 24.7 Å². The SMILES string of the molecule is COc1ccc(-n2cnc3c(NCc4nc5c(F)c(F)ccc5[nH]4)nc(N4CCOCC4)nc32)cc1. The van der Waals surface area contributed by atoms with Gasteiger partial charge in [0.05, 0.1) is 32.4 Å². The van der Waals surface area contributed by atoms with Gasteiger partial charge in [0.2, 0.25) is 5.95 Å². The number of nitrogens with one attached hydrogen (secondary N) is 2. The average molecular weight is 492 g/mol. The Balaban J connectivity index is 1.38. The topological polar surface area (TPSA) is 106 Å².